The largest absolute Gasteiger partial charge is 0.393 e. The molecule has 2 unspecified atom stereocenters. The fourth-order valence-corrected chi connectivity index (χ4v) is 2.59. The average molecular weight is 276 g/mol. The van der Waals surface area contributed by atoms with Crippen molar-refractivity contribution in [3.05, 3.63) is 35.4 Å². The second-order valence-corrected chi connectivity index (χ2v) is 5.66. The van der Waals surface area contributed by atoms with Gasteiger partial charge in [-0.2, -0.15) is 0 Å². The molecule has 0 aromatic heterocycles. The number of carbonyl (C=O) groups is 1. The van der Waals surface area contributed by atoms with Crippen molar-refractivity contribution in [2.75, 3.05) is 6.54 Å². The Labute approximate surface area is 119 Å². The smallest absolute Gasteiger partial charge is 0.227 e. The SMILES string of the molecule is CC(CNC(=O)C1CCCc2ccccc21)C(N)=S. The highest BCUT2D eigenvalue weighted by atomic mass is 32.1. The maximum Gasteiger partial charge on any atom is 0.227 e. The van der Waals surface area contributed by atoms with Crippen LogP contribution >= 0.6 is 12.2 Å². The fraction of sp³-hybridized carbons (Fsp3) is 0.467. The van der Waals surface area contributed by atoms with Crippen LogP contribution in [-0.4, -0.2) is 17.4 Å². The van der Waals surface area contributed by atoms with Gasteiger partial charge in [-0.3, -0.25) is 4.79 Å². The lowest BCUT2D eigenvalue weighted by Gasteiger charge is -2.25. The molecule has 0 spiro atoms. The zero-order valence-electron chi connectivity index (χ0n) is 11.2. The molecule has 0 saturated heterocycles. The molecule has 1 aliphatic rings. The van der Waals surface area contributed by atoms with Crippen LogP contribution in [0.25, 0.3) is 0 Å². The molecule has 0 radical (unpaired) electrons. The number of fused-ring (bicyclic) bond motifs is 1. The summed E-state index contributed by atoms with van der Waals surface area (Å²) in [4.78, 5) is 12.7. The lowest BCUT2D eigenvalue weighted by Crippen LogP contribution is -2.37. The topological polar surface area (TPSA) is 55.1 Å². The summed E-state index contributed by atoms with van der Waals surface area (Å²) in [5, 5.41) is 2.97. The van der Waals surface area contributed by atoms with Crippen LogP contribution in [0, 0.1) is 5.92 Å². The van der Waals surface area contributed by atoms with Gasteiger partial charge in [0.05, 0.1) is 10.9 Å². The van der Waals surface area contributed by atoms with Gasteiger partial charge in [-0.1, -0.05) is 43.4 Å². The van der Waals surface area contributed by atoms with E-state index in [2.05, 4.69) is 17.4 Å². The van der Waals surface area contributed by atoms with Gasteiger partial charge in [0.25, 0.3) is 0 Å². The number of carbonyl (C=O) groups excluding carboxylic acids is 1. The van der Waals surface area contributed by atoms with Crippen LogP contribution in [0.5, 0.6) is 0 Å². The minimum Gasteiger partial charge on any atom is -0.393 e. The highest BCUT2D eigenvalue weighted by molar-refractivity contribution is 7.80. The second kappa shape index (κ2) is 6.15. The molecule has 102 valence electrons. The van der Waals surface area contributed by atoms with Crippen LogP contribution in [-0.2, 0) is 11.2 Å². The molecule has 3 nitrogen and oxygen atoms in total. The average Bonchev–Trinajstić information content (AvgIpc) is 2.43. The summed E-state index contributed by atoms with van der Waals surface area (Å²) >= 11 is 4.92. The first-order chi connectivity index (χ1) is 9.09. The van der Waals surface area contributed by atoms with Crippen molar-refractivity contribution < 1.29 is 4.79 Å². The quantitative estimate of drug-likeness (QED) is 0.829. The Hall–Kier alpha value is -1.42. The standard InChI is InChI=1S/C15H20N2OS/c1-10(14(16)19)9-17-15(18)13-8-4-6-11-5-2-3-7-12(11)13/h2-3,5,7,10,13H,4,6,8-9H2,1H3,(H2,16,19)(H,17,18). The van der Waals surface area contributed by atoms with Crippen LogP contribution in [0.2, 0.25) is 0 Å². The van der Waals surface area contributed by atoms with Gasteiger partial charge in [0.2, 0.25) is 5.91 Å². The van der Waals surface area contributed by atoms with Crippen molar-refractivity contribution in [2.45, 2.75) is 32.1 Å². The van der Waals surface area contributed by atoms with Crippen molar-refractivity contribution in [2.24, 2.45) is 11.7 Å². The zero-order valence-corrected chi connectivity index (χ0v) is 12.0. The van der Waals surface area contributed by atoms with Crippen molar-refractivity contribution in [1.29, 1.82) is 0 Å². The molecule has 0 saturated carbocycles. The van der Waals surface area contributed by atoms with Gasteiger partial charge >= 0.3 is 0 Å². The fourth-order valence-electron chi connectivity index (χ4n) is 2.50. The summed E-state index contributed by atoms with van der Waals surface area (Å²) in [6, 6.07) is 8.22. The molecule has 0 bridgehead atoms. The first-order valence-electron chi connectivity index (χ1n) is 6.74. The molecule has 1 aromatic rings. The number of hydrogen-bond acceptors (Lipinski definition) is 2. The Balaban J connectivity index is 2.03. The van der Waals surface area contributed by atoms with Crippen molar-refractivity contribution >= 4 is 23.1 Å². The maximum absolute atomic E-state index is 12.3. The number of aryl methyl sites for hydroxylation is 1. The third-order valence-electron chi connectivity index (χ3n) is 3.75. The van der Waals surface area contributed by atoms with E-state index in [1.807, 2.05) is 19.1 Å². The molecule has 3 N–H and O–H groups in total. The Morgan fingerprint density at radius 2 is 2.26 bits per heavy atom. The van der Waals surface area contributed by atoms with Gasteiger partial charge in [0.15, 0.2) is 0 Å². The number of benzene rings is 1. The van der Waals surface area contributed by atoms with Gasteiger partial charge in [0, 0.05) is 12.5 Å². The molecule has 0 fully saturated rings. The molecule has 1 aliphatic carbocycles. The van der Waals surface area contributed by atoms with E-state index >= 15 is 0 Å². The highest BCUT2D eigenvalue weighted by Gasteiger charge is 2.26. The van der Waals surface area contributed by atoms with E-state index in [9.17, 15) is 4.79 Å². The summed E-state index contributed by atoms with van der Waals surface area (Å²) in [7, 11) is 0. The van der Waals surface area contributed by atoms with E-state index in [1.54, 1.807) is 0 Å². The van der Waals surface area contributed by atoms with E-state index in [1.165, 1.54) is 11.1 Å². The Kier molecular flexibility index (Phi) is 4.53. The van der Waals surface area contributed by atoms with Crippen molar-refractivity contribution in [3.8, 4) is 0 Å². The first-order valence-corrected chi connectivity index (χ1v) is 7.15. The normalized spacial score (nSPS) is 19.3. The lowest BCUT2D eigenvalue weighted by molar-refractivity contribution is -0.122. The van der Waals surface area contributed by atoms with Crippen molar-refractivity contribution in [3.63, 3.8) is 0 Å². The number of hydrogen-bond donors (Lipinski definition) is 2. The van der Waals surface area contributed by atoms with E-state index in [4.69, 9.17) is 18.0 Å². The van der Waals surface area contributed by atoms with E-state index in [-0.39, 0.29) is 17.7 Å². The van der Waals surface area contributed by atoms with Crippen LogP contribution in [0.15, 0.2) is 24.3 Å². The number of thiocarbonyl (C=S) groups is 1. The van der Waals surface area contributed by atoms with Crippen LogP contribution in [0.4, 0.5) is 0 Å². The maximum atomic E-state index is 12.3. The minimum atomic E-state index is -0.0245. The summed E-state index contributed by atoms with van der Waals surface area (Å²) in [6.07, 6.45) is 3.06. The summed E-state index contributed by atoms with van der Waals surface area (Å²) < 4.78 is 0. The predicted molar refractivity (Wildman–Crippen MR) is 81.1 cm³/mol. The van der Waals surface area contributed by atoms with Gasteiger partial charge in [0.1, 0.15) is 0 Å². The molecule has 0 heterocycles. The lowest BCUT2D eigenvalue weighted by atomic mass is 9.82. The second-order valence-electron chi connectivity index (χ2n) is 5.19. The molecule has 2 atom stereocenters. The molecule has 1 amide bonds. The number of rotatable bonds is 4. The Bertz CT molecular complexity index is 487. The number of amides is 1. The number of nitrogens with one attached hydrogen (secondary N) is 1. The zero-order chi connectivity index (χ0) is 13.8. The first kappa shape index (κ1) is 14.0. The number of nitrogens with two attached hydrogens (primary N) is 1. The third-order valence-corrected chi connectivity index (χ3v) is 4.16. The van der Waals surface area contributed by atoms with Gasteiger partial charge in [-0.25, -0.2) is 0 Å². The summed E-state index contributed by atoms with van der Waals surface area (Å²) in [5.41, 5.74) is 8.03. The predicted octanol–water partition coefficient (Wildman–Crippen LogP) is 2.14. The van der Waals surface area contributed by atoms with Crippen LogP contribution in [0.1, 0.15) is 36.8 Å². The molecular weight excluding hydrogens is 256 g/mol. The van der Waals surface area contributed by atoms with Gasteiger partial charge < -0.3 is 11.1 Å². The molecule has 19 heavy (non-hydrogen) atoms. The van der Waals surface area contributed by atoms with E-state index in [0.29, 0.717) is 11.5 Å². The molecule has 0 aliphatic heterocycles. The summed E-state index contributed by atoms with van der Waals surface area (Å²) in [6.45, 7) is 2.45. The van der Waals surface area contributed by atoms with E-state index in [0.717, 1.165) is 19.3 Å². The monoisotopic (exact) mass is 276 g/mol. The van der Waals surface area contributed by atoms with Crippen LogP contribution < -0.4 is 11.1 Å². The molecule has 2 rings (SSSR count). The van der Waals surface area contributed by atoms with Crippen LogP contribution in [0.3, 0.4) is 0 Å². The summed E-state index contributed by atoms with van der Waals surface area (Å²) in [5.74, 6) is 0.108. The van der Waals surface area contributed by atoms with Gasteiger partial charge in [-0.05, 0) is 30.4 Å². The minimum absolute atomic E-state index is 0.0245. The molecule has 1 aromatic carbocycles. The van der Waals surface area contributed by atoms with Crippen molar-refractivity contribution in [1.82, 2.24) is 5.32 Å². The van der Waals surface area contributed by atoms with Gasteiger partial charge in [-0.15, -0.1) is 0 Å². The highest BCUT2D eigenvalue weighted by Crippen LogP contribution is 2.31. The Morgan fingerprint density at radius 1 is 1.53 bits per heavy atom. The molecule has 4 heteroatoms. The molecular formula is C15H20N2OS. The third kappa shape index (κ3) is 3.32. The van der Waals surface area contributed by atoms with E-state index < -0.39 is 0 Å². The Morgan fingerprint density at radius 3 is 3.00 bits per heavy atom.